The molecule has 0 saturated heterocycles. The quantitative estimate of drug-likeness (QED) is 0.476. The van der Waals surface area contributed by atoms with Crippen molar-refractivity contribution in [3.05, 3.63) is 0 Å². The molecule has 0 amide bonds. The molecule has 0 aliphatic heterocycles. The zero-order valence-electron chi connectivity index (χ0n) is 4.64. The van der Waals surface area contributed by atoms with E-state index in [1.165, 1.54) is 0 Å². The van der Waals surface area contributed by atoms with Crippen LogP contribution in [0.2, 0.25) is 0 Å². The van der Waals surface area contributed by atoms with Crippen molar-refractivity contribution < 1.29 is 9.84 Å². The predicted octanol–water partition coefficient (Wildman–Crippen LogP) is -0.482. The molecule has 1 unspecified atom stereocenters. The monoisotopic (exact) mass is 105 g/mol. The Morgan fingerprint density at radius 1 is 1.86 bits per heavy atom. The van der Waals surface area contributed by atoms with E-state index in [1.807, 2.05) is 0 Å². The summed E-state index contributed by atoms with van der Waals surface area (Å²) in [5.74, 6) is 0. The van der Waals surface area contributed by atoms with Gasteiger partial charge in [0.25, 0.3) is 0 Å². The summed E-state index contributed by atoms with van der Waals surface area (Å²) < 4.78 is 4.64. The van der Waals surface area contributed by atoms with Gasteiger partial charge in [0.15, 0.2) is 6.29 Å². The number of nitrogens with one attached hydrogen (secondary N) is 1. The summed E-state index contributed by atoms with van der Waals surface area (Å²) in [6, 6.07) is 0. The molecule has 0 rings (SSSR count). The van der Waals surface area contributed by atoms with Gasteiger partial charge >= 0.3 is 0 Å². The topological polar surface area (TPSA) is 41.5 Å². The van der Waals surface area contributed by atoms with Crippen LogP contribution in [0.25, 0.3) is 0 Å². The molecule has 44 valence electrons. The average molecular weight is 105 g/mol. The second-order valence-electron chi connectivity index (χ2n) is 1.26. The van der Waals surface area contributed by atoms with Crippen molar-refractivity contribution in [2.24, 2.45) is 0 Å². The molecule has 3 nitrogen and oxygen atoms in total. The summed E-state index contributed by atoms with van der Waals surface area (Å²) in [4.78, 5) is 0. The minimum atomic E-state index is -0.660. The summed E-state index contributed by atoms with van der Waals surface area (Å²) in [6.45, 7) is 1.97. The van der Waals surface area contributed by atoms with Crippen LogP contribution >= 0.6 is 0 Å². The maximum atomic E-state index is 8.42. The number of ether oxygens (including phenoxy) is 1. The van der Waals surface area contributed by atoms with Crippen molar-refractivity contribution >= 4 is 0 Å². The Bertz CT molecular complexity index is 38.7. The van der Waals surface area contributed by atoms with Gasteiger partial charge < -0.3 is 9.84 Å². The lowest BCUT2D eigenvalue weighted by Crippen LogP contribution is -2.17. The fraction of sp³-hybridized carbons (Fsp3) is 1.00. The lowest BCUT2D eigenvalue weighted by Gasteiger charge is -2.03. The Labute approximate surface area is 43.3 Å². The van der Waals surface area contributed by atoms with Gasteiger partial charge in [-0.3, -0.25) is 5.32 Å². The van der Waals surface area contributed by atoms with E-state index in [4.69, 9.17) is 5.11 Å². The third-order valence-corrected chi connectivity index (χ3v) is 0.469. The molecule has 0 aromatic rings. The van der Waals surface area contributed by atoms with Gasteiger partial charge in [-0.05, 0) is 14.0 Å². The fourth-order valence-corrected chi connectivity index (χ4v) is 0.204. The van der Waals surface area contributed by atoms with Gasteiger partial charge in [0, 0.05) is 0 Å². The number of rotatable bonds is 3. The fourth-order valence-electron chi connectivity index (χ4n) is 0.204. The highest BCUT2D eigenvalue weighted by atomic mass is 16.6. The van der Waals surface area contributed by atoms with Crippen molar-refractivity contribution in [1.29, 1.82) is 0 Å². The van der Waals surface area contributed by atoms with Crippen LogP contribution in [-0.2, 0) is 4.74 Å². The predicted molar refractivity (Wildman–Crippen MR) is 26.7 cm³/mol. The highest BCUT2D eigenvalue weighted by Gasteiger charge is 1.87. The molecule has 7 heavy (non-hydrogen) atoms. The van der Waals surface area contributed by atoms with E-state index in [1.54, 1.807) is 14.0 Å². The first kappa shape index (κ1) is 6.88. The number of aliphatic hydroxyl groups excluding tert-OH is 1. The summed E-state index contributed by atoms with van der Waals surface area (Å²) in [6.07, 6.45) is -0.660. The van der Waals surface area contributed by atoms with Crippen LogP contribution in [0.5, 0.6) is 0 Å². The zero-order valence-corrected chi connectivity index (χ0v) is 4.64. The van der Waals surface area contributed by atoms with Crippen LogP contribution in [0.15, 0.2) is 0 Å². The van der Waals surface area contributed by atoms with Crippen molar-refractivity contribution in [2.45, 2.75) is 13.2 Å². The first-order valence-electron chi connectivity index (χ1n) is 2.21. The van der Waals surface area contributed by atoms with Gasteiger partial charge in [-0.25, -0.2) is 0 Å². The van der Waals surface area contributed by atoms with Gasteiger partial charge in [0.1, 0.15) is 0 Å². The SMILES string of the molecule is CNCOC(C)O. The van der Waals surface area contributed by atoms with Gasteiger partial charge in [-0.1, -0.05) is 0 Å². The Hall–Kier alpha value is -0.120. The van der Waals surface area contributed by atoms with E-state index >= 15 is 0 Å². The highest BCUT2D eigenvalue weighted by Crippen LogP contribution is 1.77. The molecule has 2 N–H and O–H groups in total. The molecule has 0 fully saturated rings. The van der Waals surface area contributed by atoms with E-state index in [0.29, 0.717) is 6.73 Å². The molecular weight excluding hydrogens is 94.0 g/mol. The Morgan fingerprint density at radius 3 is 2.57 bits per heavy atom. The zero-order chi connectivity index (χ0) is 5.70. The molecule has 0 saturated carbocycles. The number of aliphatic hydroxyl groups is 1. The molecule has 1 atom stereocenters. The van der Waals surface area contributed by atoms with E-state index in [2.05, 4.69) is 10.1 Å². The Morgan fingerprint density at radius 2 is 2.43 bits per heavy atom. The highest BCUT2D eigenvalue weighted by molar-refractivity contribution is 4.21. The molecule has 0 spiro atoms. The molecular formula is C4H11NO2. The Kier molecular flexibility index (Phi) is 3.98. The summed E-state index contributed by atoms with van der Waals surface area (Å²) in [5.41, 5.74) is 0. The normalized spacial score (nSPS) is 14.1. The maximum Gasteiger partial charge on any atom is 0.153 e. The molecule has 0 radical (unpaired) electrons. The van der Waals surface area contributed by atoms with E-state index in [9.17, 15) is 0 Å². The molecule has 0 aliphatic carbocycles. The third-order valence-electron chi connectivity index (χ3n) is 0.469. The molecule has 0 heterocycles. The summed E-state index contributed by atoms with van der Waals surface area (Å²) >= 11 is 0. The van der Waals surface area contributed by atoms with Gasteiger partial charge in [-0.2, -0.15) is 0 Å². The maximum absolute atomic E-state index is 8.42. The Balaban J connectivity index is 2.68. The second-order valence-corrected chi connectivity index (χ2v) is 1.26. The van der Waals surface area contributed by atoms with Gasteiger partial charge in [0.2, 0.25) is 0 Å². The van der Waals surface area contributed by atoms with Gasteiger partial charge in [-0.15, -0.1) is 0 Å². The lowest BCUT2D eigenvalue weighted by molar-refractivity contribution is -0.0896. The van der Waals surface area contributed by atoms with Crippen LogP contribution in [0.1, 0.15) is 6.92 Å². The molecule has 0 aromatic carbocycles. The molecule has 0 aromatic heterocycles. The standard InChI is InChI=1S/C4H11NO2/c1-4(6)7-3-5-2/h4-6H,3H2,1-2H3. The van der Waals surface area contributed by atoms with Crippen LogP contribution in [-0.4, -0.2) is 25.2 Å². The van der Waals surface area contributed by atoms with E-state index < -0.39 is 6.29 Å². The van der Waals surface area contributed by atoms with Crippen LogP contribution in [0, 0.1) is 0 Å². The summed E-state index contributed by atoms with van der Waals surface area (Å²) in [5, 5.41) is 11.1. The van der Waals surface area contributed by atoms with E-state index in [-0.39, 0.29) is 0 Å². The average Bonchev–Trinajstić information content (AvgIpc) is 1.61. The van der Waals surface area contributed by atoms with Crippen LogP contribution in [0.3, 0.4) is 0 Å². The van der Waals surface area contributed by atoms with Crippen LogP contribution in [0.4, 0.5) is 0 Å². The van der Waals surface area contributed by atoms with Gasteiger partial charge in [0.05, 0.1) is 6.73 Å². The first-order chi connectivity index (χ1) is 3.27. The third kappa shape index (κ3) is 5.88. The molecule has 0 bridgehead atoms. The smallest absolute Gasteiger partial charge is 0.153 e. The minimum absolute atomic E-state index is 0.400. The van der Waals surface area contributed by atoms with Crippen molar-refractivity contribution in [1.82, 2.24) is 5.32 Å². The van der Waals surface area contributed by atoms with Crippen molar-refractivity contribution in [3.63, 3.8) is 0 Å². The second kappa shape index (κ2) is 4.05. The minimum Gasteiger partial charge on any atom is -0.368 e. The molecule has 3 heteroatoms. The lowest BCUT2D eigenvalue weighted by atomic mass is 10.8. The largest absolute Gasteiger partial charge is 0.368 e. The van der Waals surface area contributed by atoms with Crippen molar-refractivity contribution in [2.75, 3.05) is 13.8 Å². The van der Waals surface area contributed by atoms with Crippen LogP contribution < -0.4 is 5.32 Å². The number of hydrogen-bond donors (Lipinski definition) is 2. The van der Waals surface area contributed by atoms with Crippen molar-refractivity contribution in [3.8, 4) is 0 Å². The molecule has 0 aliphatic rings. The first-order valence-corrected chi connectivity index (χ1v) is 2.21. The summed E-state index contributed by atoms with van der Waals surface area (Å²) in [7, 11) is 1.75. The van der Waals surface area contributed by atoms with E-state index in [0.717, 1.165) is 0 Å². The number of hydrogen-bond acceptors (Lipinski definition) is 3.